The fraction of sp³-hybridized carbons (Fsp3) is 0.467. The summed E-state index contributed by atoms with van der Waals surface area (Å²) in [5.74, 6) is -1.19. The zero-order valence-electron chi connectivity index (χ0n) is 11.5. The van der Waals surface area contributed by atoms with Gasteiger partial charge in [-0.3, -0.25) is 4.79 Å². The Kier molecular flexibility index (Phi) is 4.39. The van der Waals surface area contributed by atoms with Gasteiger partial charge >= 0.3 is 5.97 Å². The number of amides is 1. The summed E-state index contributed by atoms with van der Waals surface area (Å²) in [7, 11) is 1.62. The first-order valence-corrected chi connectivity index (χ1v) is 6.67. The quantitative estimate of drug-likeness (QED) is 0.826. The minimum atomic E-state index is -1.04. The van der Waals surface area contributed by atoms with Crippen LogP contribution < -0.4 is 5.32 Å². The van der Waals surface area contributed by atoms with Crippen molar-refractivity contribution < 1.29 is 19.4 Å². The van der Waals surface area contributed by atoms with Gasteiger partial charge in [0.25, 0.3) is 0 Å². The van der Waals surface area contributed by atoms with Gasteiger partial charge in [0, 0.05) is 7.11 Å². The van der Waals surface area contributed by atoms with Crippen molar-refractivity contribution in [1.82, 2.24) is 5.32 Å². The Labute approximate surface area is 117 Å². The molecule has 0 saturated heterocycles. The molecule has 1 fully saturated rings. The molecule has 1 saturated carbocycles. The summed E-state index contributed by atoms with van der Waals surface area (Å²) >= 11 is 0. The van der Waals surface area contributed by atoms with Crippen LogP contribution in [0.25, 0.3) is 0 Å². The second-order valence-corrected chi connectivity index (χ2v) is 5.22. The summed E-state index contributed by atoms with van der Waals surface area (Å²) in [5, 5.41) is 11.8. The number of hydrogen-bond donors (Lipinski definition) is 2. The Bertz CT molecular complexity index is 508. The number of benzene rings is 1. The van der Waals surface area contributed by atoms with E-state index in [9.17, 15) is 14.7 Å². The first-order valence-electron chi connectivity index (χ1n) is 6.67. The topological polar surface area (TPSA) is 75.6 Å². The summed E-state index contributed by atoms with van der Waals surface area (Å²) in [6.07, 6.45) is 2.05. The number of methoxy groups -OCH3 is 1. The van der Waals surface area contributed by atoms with Gasteiger partial charge in [-0.25, -0.2) is 4.79 Å². The van der Waals surface area contributed by atoms with Crippen LogP contribution in [0.15, 0.2) is 24.3 Å². The predicted octanol–water partition coefficient (Wildman–Crippen LogP) is 1.50. The standard InChI is InChI=1S/C15H19NO4/c1-20-10-12-5-2-4-11(8-12)9-13(17)16-15(14(18)19)6-3-7-15/h2,4-5,8H,3,6-7,9-10H2,1H3,(H,16,17)(H,18,19). The molecule has 0 spiro atoms. The number of rotatable bonds is 6. The molecule has 1 aliphatic rings. The number of nitrogens with one attached hydrogen (secondary N) is 1. The van der Waals surface area contributed by atoms with E-state index in [1.807, 2.05) is 24.3 Å². The largest absolute Gasteiger partial charge is 0.480 e. The number of carboxylic acid groups (broad SMARTS) is 1. The van der Waals surface area contributed by atoms with Crippen LogP contribution in [0.3, 0.4) is 0 Å². The van der Waals surface area contributed by atoms with Gasteiger partial charge in [-0.2, -0.15) is 0 Å². The Morgan fingerprint density at radius 1 is 1.35 bits per heavy atom. The van der Waals surface area contributed by atoms with E-state index in [1.54, 1.807) is 7.11 Å². The molecule has 5 nitrogen and oxygen atoms in total. The number of hydrogen-bond acceptors (Lipinski definition) is 3. The number of aliphatic carboxylic acids is 1. The number of ether oxygens (including phenoxy) is 1. The lowest BCUT2D eigenvalue weighted by Gasteiger charge is -2.38. The molecule has 0 radical (unpaired) electrons. The van der Waals surface area contributed by atoms with Crippen molar-refractivity contribution in [2.75, 3.05) is 7.11 Å². The third-order valence-electron chi connectivity index (χ3n) is 3.66. The van der Waals surface area contributed by atoms with E-state index in [0.717, 1.165) is 17.5 Å². The molecule has 2 N–H and O–H groups in total. The third kappa shape index (κ3) is 3.17. The molecule has 5 heteroatoms. The highest BCUT2D eigenvalue weighted by Gasteiger charge is 2.45. The molecule has 108 valence electrons. The molecular formula is C15H19NO4. The fourth-order valence-electron chi connectivity index (χ4n) is 2.42. The first-order chi connectivity index (χ1) is 9.55. The molecule has 0 aliphatic heterocycles. The Balaban J connectivity index is 1.97. The van der Waals surface area contributed by atoms with E-state index in [4.69, 9.17) is 4.74 Å². The minimum absolute atomic E-state index is 0.187. The molecule has 1 aliphatic carbocycles. The van der Waals surface area contributed by atoms with E-state index in [1.165, 1.54) is 0 Å². The van der Waals surface area contributed by atoms with Gasteiger partial charge in [-0.15, -0.1) is 0 Å². The smallest absolute Gasteiger partial charge is 0.329 e. The maximum Gasteiger partial charge on any atom is 0.329 e. The second-order valence-electron chi connectivity index (χ2n) is 5.22. The average molecular weight is 277 g/mol. The zero-order valence-corrected chi connectivity index (χ0v) is 11.5. The molecule has 1 aromatic rings. The molecule has 2 rings (SSSR count). The SMILES string of the molecule is COCc1cccc(CC(=O)NC2(C(=O)O)CCC2)c1. The van der Waals surface area contributed by atoms with Crippen LogP contribution in [0.4, 0.5) is 0 Å². The molecule has 1 amide bonds. The minimum Gasteiger partial charge on any atom is -0.480 e. The van der Waals surface area contributed by atoms with Crippen molar-refractivity contribution in [3.8, 4) is 0 Å². The second kappa shape index (κ2) is 6.05. The molecule has 0 heterocycles. The average Bonchev–Trinajstić information content (AvgIpc) is 2.34. The van der Waals surface area contributed by atoms with Gasteiger partial charge in [0.2, 0.25) is 5.91 Å². The molecule has 0 unspecified atom stereocenters. The lowest BCUT2D eigenvalue weighted by atomic mass is 9.76. The normalized spacial score (nSPS) is 16.2. The van der Waals surface area contributed by atoms with Crippen molar-refractivity contribution >= 4 is 11.9 Å². The van der Waals surface area contributed by atoms with E-state index >= 15 is 0 Å². The van der Waals surface area contributed by atoms with Gasteiger partial charge < -0.3 is 15.2 Å². The number of carbonyl (C=O) groups excluding carboxylic acids is 1. The zero-order chi connectivity index (χ0) is 14.6. The first kappa shape index (κ1) is 14.5. The van der Waals surface area contributed by atoms with Crippen molar-refractivity contribution in [2.45, 2.75) is 37.8 Å². The number of carboxylic acids is 1. The Morgan fingerprint density at radius 2 is 2.05 bits per heavy atom. The van der Waals surface area contributed by atoms with E-state index < -0.39 is 11.5 Å². The van der Waals surface area contributed by atoms with Crippen molar-refractivity contribution in [3.63, 3.8) is 0 Å². The summed E-state index contributed by atoms with van der Waals surface area (Å²) in [6, 6.07) is 7.55. The summed E-state index contributed by atoms with van der Waals surface area (Å²) < 4.78 is 5.05. The maximum absolute atomic E-state index is 12.0. The lowest BCUT2D eigenvalue weighted by Crippen LogP contribution is -2.59. The third-order valence-corrected chi connectivity index (χ3v) is 3.66. The molecule has 0 atom stereocenters. The van der Waals surface area contributed by atoms with Crippen LogP contribution in [-0.4, -0.2) is 29.6 Å². The monoisotopic (exact) mass is 277 g/mol. The van der Waals surface area contributed by atoms with E-state index in [2.05, 4.69) is 5.32 Å². The van der Waals surface area contributed by atoms with Gasteiger partial charge in [0.1, 0.15) is 5.54 Å². The van der Waals surface area contributed by atoms with E-state index in [-0.39, 0.29) is 12.3 Å². The molecule has 1 aromatic carbocycles. The molecule has 0 aromatic heterocycles. The highest BCUT2D eigenvalue weighted by molar-refractivity contribution is 5.88. The summed E-state index contributed by atoms with van der Waals surface area (Å²) in [4.78, 5) is 23.2. The highest BCUT2D eigenvalue weighted by Crippen LogP contribution is 2.32. The summed E-state index contributed by atoms with van der Waals surface area (Å²) in [6.45, 7) is 0.495. The Morgan fingerprint density at radius 3 is 2.60 bits per heavy atom. The predicted molar refractivity (Wildman–Crippen MR) is 73.2 cm³/mol. The number of carbonyl (C=O) groups is 2. The van der Waals surface area contributed by atoms with Gasteiger partial charge in [-0.1, -0.05) is 24.3 Å². The molecular weight excluding hydrogens is 258 g/mol. The molecule has 0 bridgehead atoms. The van der Waals surface area contributed by atoms with Crippen LogP contribution >= 0.6 is 0 Å². The van der Waals surface area contributed by atoms with Crippen LogP contribution in [0.5, 0.6) is 0 Å². The van der Waals surface area contributed by atoms with Crippen LogP contribution in [-0.2, 0) is 27.4 Å². The van der Waals surface area contributed by atoms with Crippen LogP contribution in [0.2, 0.25) is 0 Å². The summed E-state index contributed by atoms with van der Waals surface area (Å²) in [5.41, 5.74) is 0.813. The van der Waals surface area contributed by atoms with Crippen molar-refractivity contribution in [3.05, 3.63) is 35.4 Å². The van der Waals surface area contributed by atoms with Crippen LogP contribution in [0.1, 0.15) is 30.4 Å². The van der Waals surface area contributed by atoms with Crippen molar-refractivity contribution in [2.24, 2.45) is 0 Å². The lowest BCUT2D eigenvalue weighted by molar-refractivity contribution is -0.151. The van der Waals surface area contributed by atoms with Crippen LogP contribution in [0, 0.1) is 0 Å². The Hall–Kier alpha value is -1.88. The fourth-order valence-corrected chi connectivity index (χ4v) is 2.42. The highest BCUT2D eigenvalue weighted by atomic mass is 16.5. The maximum atomic E-state index is 12.0. The van der Waals surface area contributed by atoms with Crippen molar-refractivity contribution in [1.29, 1.82) is 0 Å². The molecule has 20 heavy (non-hydrogen) atoms. The van der Waals surface area contributed by atoms with Gasteiger partial charge in [0.15, 0.2) is 0 Å². The van der Waals surface area contributed by atoms with Gasteiger partial charge in [-0.05, 0) is 30.4 Å². The van der Waals surface area contributed by atoms with Gasteiger partial charge in [0.05, 0.1) is 13.0 Å². The van der Waals surface area contributed by atoms with E-state index in [0.29, 0.717) is 19.4 Å².